The van der Waals surface area contributed by atoms with Gasteiger partial charge in [0.05, 0.1) is 25.4 Å². The lowest BCUT2D eigenvalue weighted by molar-refractivity contribution is -0.137. The Balaban J connectivity index is 0.850. The van der Waals surface area contributed by atoms with E-state index in [0.717, 1.165) is 67.0 Å². The van der Waals surface area contributed by atoms with E-state index in [4.69, 9.17) is 19.3 Å². The molecule has 64 heavy (non-hydrogen) atoms. The molecule has 2 amide bonds. The predicted octanol–water partition coefficient (Wildman–Crippen LogP) is 8.18. The molecule has 0 radical (unpaired) electrons. The van der Waals surface area contributed by atoms with E-state index in [9.17, 15) is 19.2 Å². The zero-order valence-electron chi connectivity index (χ0n) is 37.8. The van der Waals surface area contributed by atoms with Crippen molar-refractivity contribution in [3.05, 3.63) is 129 Å². The topological polar surface area (TPSA) is 163 Å². The van der Waals surface area contributed by atoms with Gasteiger partial charge in [-0.05, 0) is 114 Å². The van der Waals surface area contributed by atoms with Crippen molar-refractivity contribution in [2.24, 2.45) is 0 Å². The van der Waals surface area contributed by atoms with Crippen molar-refractivity contribution in [3.63, 3.8) is 0 Å². The molecule has 5 aromatic rings. The Morgan fingerprint density at radius 2 is 1.53 bits per heavy atom. The van der Waals surface area contributed by atoms with E-state index in [1.807, 2.05) is 42.5 Å². The van der Waals surface area contributed by atoms with E-state index in [2.05, 4.69) is 80.3 Å². The van der Waals surface area contributed by atoms with Gasteiger partial charge in [0.1, 0.15) is 36.8 Å². The minimum Gasteiger partial charge on any atom is -0.491 e. The Labute approximate surface area is 375 Å². The summed E-state index contributed by atoms with van der Waals surface area (Å²) >= 11 is 0. The highest BCUT2D eigenvalue weighted by Gasteiger charge is 2.29. The molecule has 1 fully saturated rings. The van der Waals surface area contributed by atoms with Gasteiger partial charge in [0, 0.05) is 41.1 Å². The molecule has 0 atom stereocenters. The van der Waals surface area contributed by atoms with Crippen LogP contribution in [0.5, 0.6) is 11.5 Å². The fraction of sp³-hybridized carbons (Fsp3) is 0.412. The maximum atomic E-state index is 13.6. The average Bonchev–Trinajstić information content (AvgIpc) is 3.26. The van der Waals surface area contributed by atoms with Crippen LogP contribution >= 0.6 is 0 Å². The minimum atomic E-state index is -1.03. The number of nitrogens with zero attached hydrogens (tertiary/aromatic N) is 2. The van der Waals surface area contributed by atoms with Gasteiger partial charge in [-0.25, -0.2) is 0 Å². The molecule has 13 nitrogen and oxygen atoms in total. The molecule has 0 spiro atoms. The lowest BCUT2D eigenvalue weighted by Crippen LogP contribution is -2.42. The maximum absolute atomic E-state index is 13.6. The second-order valence-corrected chi connectivity index (χ2v) is 18.8. The molecule has 4 N–H and O–H groups in total. The zero-order valence-corrected chi connectivity index (χ0v) is 37.8. The number of likely N-dealkylation sites (tertiary alicyclic amines) is 1. The first-order chi connectivity index (χ1) is 30.5. The fourth-order valence-corrected chi connectivity index (χ4v) is 8.47. The van der Waals surface area contributed by atoms with Crippen LogP contribution in [0.2, 0.25) is 0 Å². The molecule has 0 saturated carbocycles. The van der Waals surface area contributed by atoms with Gasteiger partial charge in [0.2, 0.25) is 5.43 Å². The highest BCUT2D eigenvalue weighted by molar-refractivity contribution is 6.06. The molecule has 2 aliphatic heterocycles. The summed E-state index contributed by atoms with van der Waals surface area (Å²) in [4.78, 5) is 57.5. The highest BCUT2D eigenvalue weighted by Crippen LogP contribution is 2.40. The number of piperidine rings is 1. The number of ether oxygens (including phenoxy) is 3. The maximum Gasteiger partial charge on any atom is 0.323 e. The van der Waals surface area contributed by atoms with Crippen LogP contribution in [0.3, 0.4) is 0 Å². The van der Waals surface area contributed by atoms with Gasteiger partial charge in [-0.15, -0.1) is 0 Å². The monoisotopic (exact) mass is 871 g/mol. The number of aromatic nitrogens is 1. The van der Waals surface area contributed by atoms with Gasteiger partial charge < -0.3 is 44.7 Å². The number of carbonyl (C=O) groups excluding carboxylic acids is 2. The third-order valence-electron chi connectivity index (χ3n) is 12.0. The van der Waals surface area contributed by atoms with Crippen molar-refractivity contribution in [2.45, 2.75) is 77.6 Å². The summed E-state index contributed by atoms with van der Waals surface area (Å²) in [6, 6.07) is 25.3. The van der Waals surface area contributed by atoms with Crippen LogP contribution in [0, 0.1) is 0 Å². The fourth-order valence-electron chi connectivity index (χ4n) is 8.47. The van der Waals surface area contributed by atoms with Crippen LogP contribution in [0.25, 0.3) is 10.9 Å². The standard InChI is InChI=1S/C51H61N5O8/c1-50(2,3)40-28-41(51(4,5)6)45(29-44(40)54-48(60)39-30-52-42-10-8-7-9-37(42)47(39)59)64-26-24-62-23-25-63-36-14-12-34(13-15-36)35-18-21-55(22-19-35)20-17-33-11-16-38-43(27-33)53-32-56(49(38)61)31-46(57)58/h7-16,27-30,35,53H,17-26,31-32H2,1-6H3,(H,52,59)(H,54,60)(H,57,58). The van der Waals surface area contributed by atoms with E-state index in [0.29, 0.717) is 60.2 Å². The van der Waals surface area contributed by atoms with Crippen molar-refractivity contribution in [2.75, 3.05) is 69.9 Å². The first-order valence-corrected chi connectivity index (χ1v) is 22.2. The molecule has 338 valence electrons. The second-order valence-electron chi connectivity index (χ2n) is 18.8. The molecule has 13 heteroatoms. The summed E-state index contributed by atoms with van der Waals surface area (Å²) in [5.41, 5.74) is 6.09. The van der Waals surface area contributed by atoms with Crippen LogP contribution in [-0.2, 0) is 26.8 Å². The van der Waals surface area contributed by atoms with Crippen LogP contribution in [-0.4, -0.2) is 96.9 Å². The number of carboxylic acid groups (broad SMARTS) is 1. The Hall–Kier alpha value is -6.18. The molecule has 1 aromatic heterocycles. The van der Waals surface area contributed by atoms with E-state index in [1.54, 1.807) is 18.2 Å². The zero-order chi connectivity index (χ0) is 45.6. The van der Waals surface area contributed by atoms with Gasteiger partial charge in [-0.3, -0.25) is 19.2 Å². The van der Waals surface area contributed by atoms with E-state index in [1.165, 1.54) is 16.7 Å². The number of rotatable bonds is 16. The Morgan fingerprint density at radius 1 is 0.828 bits per heavy atom. The number of hydrogen-bond donors (Lipinski definition) is 4. The Kier molecular flexibility index (Phi) is 14.1. The first-order valence-electron chi connectivity index (χ1n) is 22.2. The lowest BCUT2D eigenvalue weighted by Gasteiger charge is -2.32. The summed E-state index contributed by atoms with van der Waals surface area (Å²) < 4.78 is 18.2. The van der Waals surface area contributed by atoms with Crippen molar-refractivity contribution in [1.82, 2.24) is 14.8 Å². The molecule has 0 unspecified atom stereocenters. The molecule has 2 aliphatic rings. The summed E-state index contributed by atoms with van der Waals surface area (Å²) in [5, 5.41) is 15.8. The third-order valence-corrected chi connectivity index (χ3v) is 12.0. The first kappa shape index (κ1) is 45.8. The number of amides is 2. The van der Waals surface area contributed by atoms with Gasteiger partial charge in [-0.1, -0.05) is 71.9 Å². The van der Waals surface area contributed by atoms with Gasteiger partial charge in [0.25, 0.3) is 11.8 Å². The van der Waals surface area contributed by atoms with Crippen molar-refractivity contribution < 1.29 is 33.7 Å². The number of anilines is 2. The molecule has 4 aromatic carbocycles. The molecule has 0 aliphatic carbocycles. The molecular formula is C51H61N5O8. The second kappa shape index (κ2) is 19.7. The number of carboxylic acids is 1. The number of aromatic amines is 1. The van der Waals surface area contributed by atoms with Crippen molar-refractivity contribution >= 4 is 40.1 Å². The number of nitrogens with one attached hydrogen (secondary N) is 3. The summed E-state index contributed by atoms with van der Waals surface area (Å²) in [6.07, 6.45) is 4.50. The predicted molar refractivity (Wildman–Crippen MR) is 250 cm³/mol. The molecular weight excluding hydrogens is 811 g/mol. The van der Waals surface area contributed by atoms with Crippen LogP contribution < -0.4 is 25.5 Å². The van der Waals surface area contributed by atoms with Gasteiger partial charge >= 0.3 is 5.97 Å². The third kappa shape index (κ3) is 11.1. The molecule has 7 rings (SSSR count). The lowest BCUT2D eigenvalue weighted by atomic mass is 9.79. The van der Waals surface area contributed by atoms with E-state index in [-0.39, 0.29) is 40.9 Å². The largest absolute Gasteiger partial charge is 0.491 e. The van der Waals surface area contributed by atoms with E-state index < -0.39 is 11.9 Å². The number of H-pyrrole nitrogens is 1. The van der Waals surface area contributed by atoms with Gasteiger partial charge in [0.15, 0.2) is 0 Å². The van der Waals surface area contributed by atoms with Gasteiger partial charge in [-0.2, -0.15) is 0 Å². The van der Waals surface area contributed by atoms with Crippen LogP contribution in [0.1, 0.15) is 103 Å². The smallest absolute Gasteiger partial charge is 0.323 e. The number of para-hydroxylation sites is 1. The normalized spacial score (nSPS) is 14.8. The number of benzene rings is 4. The minimum absolute atomic E-state index is 0.0382. The highest BCUT2D eigenvalue weighted by atomic mass is 16.5. The number of carbonyl (C=O) groups is 3. The van der Waals surface area contributed by atoms with E-state index >= 15 is 0 Å². The van der Waals surface area contributed by atoms with Crippen LogP contribution in [0.4, 0.5) is 11.4 Å². The molecule has 1 saturated heterocycles. The molecule has 0 bridgehead atoms. The summed E-state index contributed by atoms with van der Waals surface area (Å²) in [6.45, 7) is 17.0. The number of pyridine rings is 1. The van der Waals surface area contributed by atoms with Crippen LogP contribution in [0.15, 0.2) is 89.9 Å². The average molecular weight is 872 g/mol. The molecule has 3 heterocycles. The Bertz CT molecular complexity index is 2530. The quantitative estimate of drug-likeness (QED) is 0.0712. The number of aliphatic carboxylic acids is 1. The number of fused-ring (bicyclic) bond motifs is 2. The Morgan fingerprint density at radius 3 is 2.23 bits per heavy atom. The van der Waals surface area contributed by atoms with Crippen molar-refractivity contribution in [1.29, 1.82) is 0 Å². The SMILES string of the molecule is CC(C)(C)c1cc(C(C)(C)C)c(OCCOCCOc2ccc(C3CCN(CCc4ccc5c(c4)NCN(CC(=O)O)C5=O)CC3)cc2)cc1NC(=O)c1c[nH]c2ccccc2c1=O. The van der Waals surface area contributed by atoms with Crippen molar-refractivity contribution in [3.8, 4) is 11.5 Å². The summed E-state index contributed by atoms with van der Waals surface area (Å²) in [5.74, 6) is 0.158. The summed E-state index contributed by atoms with van der Waals surface area (Å²) in [7, 11) is 0. The number of hydrogen-bond acceptors (Lipinski definition) is 9.